The van der Waals surface area contributed by atoms with Crippen molar-refractivity contribution >= 4 is 21.6 Å². The van der Waals surface area contributed by atoms with E-state index in [9.17, 15) is 13.2 Å². The molecule has 0 saturated carbocycles. The number of amides is 1. The SMILES string of the molecule is COCCN(Cc1ccoc1)S(=O)(=O)c1ccc(NC(=O)C(C)C)cc1. The van der Waals surface area contributed by atoms with Gasteiger partial charge in [0.05, 0.1) is 24.0 Å². The molecule has 0 atom stereocenters. The van der Waals surface area contributed by atoms with Crippen LogP contribution in [-0.2, 0) is 26.1 Å². The summed E-state index contributed by atoms with van der Waals surface area (Å²) in [5.41, 5.74) is 1.31. The molecule has 1 aromatic carbocycles. The maximum atomic E-state index is 13.0. The molecule has 0 aliphatic rings. The molecule has 0 aliphatic carbocycles. The molecule has 142 valence electrons. The predicted molar refractivity (Wildman–Crippen MR) is 98.1 cm³/mol. The highest BCUT2D eigenvalue weighted by Gasteiger charge is 2.25. The number of ether oxygens (including phenoxy) is 1. The normalized spacial score (nSPS) is 11.9. The number of carbonyl (C=O) groups is 1. The van der Waals surface area contributed by atoms with Crippen LogP contribution in [0.3, 0.4) is 0 Å². The van der Waals surface area contributed by atoms with Crippen molar-refractivity contribution in [3.05, 3.63) is 48.4 Å². The third kappa shape index (κ3) is 5.17. The monoisotopic (exact) mass is 380 g/mol. The Labute approximate surface area is 154 Å². The minimum absolute atomic E-state index is 0.123. The van der Waals surface area contributed by atoms with Crippen LogP contribution >= 0.6 is 0 Å². The van der Waals surface area contributed by atoms with Crippen LogP contribution in [0.15, 0.2) is 52.2 Å². The van der Waals surface area contributed by atoms with E-state index in [1.807, 2.05) is 0 Å². The van der Waals surface area contributed by atoms with E-state index in [4.69, 9.17) is 9.15 Å². The molecule has 2 rings (SSSR count). The van der Waals surface area contributed by atoms with Gasteiger partial charge in [0.1, 0.15) is 0 Å². The number of carbonyl (C=O) groups excluding carboxylic acids is 1. The summed E-state index contributed by atoms with van der Waals surface area (Å²) in [6.07, 6.45) is 3.02. The lowest BCUT2D eigenvalue weighted by Gasteiger charge is -2.21. The van der Waals surface area contributed by atoms with E-state index in [1.54, 1.807) is 32.0 Å². The van der Waals surface area contributed by atoms with Gasteiger partial charge in [-0.25, -0.2) is 8.42 Å². The van der Waals surface area contributed by atoms with Crippen molar-refractivity contribution < 1.29 is 22.4 Å². The Morgan fingerprint density at radius 1 is 1.23 bits per heavy atom. The van der Waals surface area contributed by atoms with E-state index in [1.165, 1.54) is 36.1 Å². The Hall–Kier alpha value is -2.16. The number of methoxy groups -OCH3 is 1. The number of benzene rings is 1. The Morgan fingerprint density at radius 2 is 1.92 bits per heavy atom. The van der Waals surface area contributed by atoms with Crippen molar-refractivity contribution in [1.82, 2.24) is 4.31 Å². The van der Waals surface area contributed by atoms with Crippen molar-refractivity contribution in [2.75, 3.05) is 25.6 Å². The Balaban J connectivity index is 2.20. The fraction of sp³-hybridized carbons (Fsp3) is 0.389. The molecule has 0 saturated heterocycles. The molecule has 1 aromatic heterocycles. The summed E-state index contributed by atoms with van der Waals surface area (Å²) < 4.78 is 37.3. The van der Waals surface area contributed by atoms with E-state index in [0.717, 1.165) is 5.56 Å². The molecule has 1 amide bonds. The maximum absolute atomic E-state index is 13.0. The van der Waals surface area contributed by atoms with Crippen LogP contribution in [0.1, 0.15) is 19.4 Å². The summed E-state index contributed by atoms with van der Waals surface area (Å²) in [6, 6.07) is 7.86. The zero-order chi connectivity index (χ0) is 19.2. The lowest BCUT2D eigenvalue weighted by Crippen LogP contribution is -2.33. The second-order valence-electron chi connectivity index (χ2n) is 6.13. The molecule has 0 fully saturated rings. The predicted octanol–water partition coefficient (Wildman–Crippen LogP) is 2.71. The first-order chi connectivity index (χ1) is 12.3. The van der Waals surface area contributed by atoms with Gasteiger partial charge in [0.15, 0.2) is 0 Å². The summed E-state index contributed by atoms with van der Waals surface area (Å²) >= 11 is 0. The van der Waals surface area contributed by atoms with Gasteiger partial charge in [-0.1, -0.05) is 13.8 Å². The van der Waals surface area contributed by atoms with Crippen LogP contribution in [0.25, 0.3) is 0 Å². The van der Waals surface area contributed by atoms with Gasteiger partial charge >= 0.3 is 0 Å². The van der Waals surface area contributed by atoms with Gasteiger partial charge < -0.3 is 14.5 Å². The third-order valence-corrected chi connectivity index (χ3v) is 5.63. The van der Waals surface area contributed by atoms with Gasteiger partial charge in [0, 0.05) is 37.4 Å². The Morgan fingerprint density at radius 3 is 2.46 bits per heavy atom. The molecule has 0 spiro atoms. The quantitative estimate of drug-likeness (QED) is 0.722. The minimum Gasteiger partial charge on any atom is -0.472 e. The number of anilines is 1. The summed E-state index contributed by atoms with van der Waals surface area (Å²) in [7, 11) is -2.19. The van der Waals surface area contributed by atoms with E-state index in [0.29, 0.717) is 5.69 Å². The summed E-state index contributed by atoms with van der Waals surface area (Å²) in [5.74, 6) is -0.278. The summed E-state index contributed by atoms with van der Waals surface area (Å²) in [6.45, 7) is 4.26. The molecule has 0 bridgehead atoms. The first-order valence-electron chi connectivity index (χ1n) is 8.25. The molecule has 0 aliphatic heterocycles. The average molecular weight is 380 g/mol. The standard InChI is InChI=1S/C18H24N2O5S/c1-14(2)18(21)19-16-4-6-17(7-5-16)26(22,23)20(9-11-24-3)12-15-8-10-25-13-15/h4-8,10,13-14H,9,11-12H2,1-3H3,(H,19,21). The molecular weight excluding hydrogens is 356 g/mol. The smallest absolute Gasteiger partial charge is 0.243 e. The molecular formula is C18H24N2O5S. The van der Waals surface area contributed by atoms with Crippen LogP contribution in [-0.4, -0.2) is 38.9 Å². The van der Waals surface area contributed by atoms with Gasteiger partial charge in [0.25, 0.3) is 0 Å². The van der Waals surface area contributed by atoms with Gasteiger partial charge in [0.2, 0.25) is 15.9 Å². The van der Waals surface area contributed by atoms with Gasteiger partial charge in [-0.05, 0) is 30.3 Å². The van der Waals surface area contributed by atoms with Crippen LogP contribution in [0.2, 0.25) is 0 Å². The number of sulfonamides is 1. The van der Waals surface area contributed by atoms with E-state index in [-0.39, 0.29) is 36.4 Å². The fourth-order valence-electron chi connectivity index (χ4n) is 2.21. The number of hydrogen-bond acceptors (Lipinski definition) is 5. The molecule has 26 heavy (non-hydrogen) atoms. The number of furan rings is 1. The zero-order valence-electron chi connectivity index (χ0n) is 15.1. The number of nitrogens with one attached hydrogen (secondary N) is 1. The highest BCUT2D eigenvalue weighted by Crippen LogP contribution is 2.21. The van der Waals surface area contributed by atoms with Gasteiger partial charge in [-0.2, -0.15) is 4.31 Å². The van der Waals surface area contributed by atoms with Crippen molar-refractivity contribution in [3.63, 3.8) is 0 Å². The summed E-state index contributed by atoms with van der Waals surface area (Å²) in [5, 5.41) is 2.74. The second kappa shape index (κ2) is 8.98. The number of hydrogen-bond donors (Lipinski definition) is 1. The molecule has 0 unspecified atom stereocenters. The second-order valence-corrected chi connectivity index (χ2v) is 8.07. The molecule has 8 heteroatoms. The van der Waals surface area contributed by atoms with E-state index < -0.39 is 10.0 Å². The Bertz CT molecular complexity index is 799. The van der Waals surface area contributed by atoms with Crippen LogP contribution in [0.5, 0.6) is 0 Å². The number of rotatable bonds is 9. The fourth-order valence-corrected chi connectivity index (χ4v) is 3.62. The van der Waals surface area contributed by atoms with Crippen molar-refractivity contribution in [3.8, 4) is 0 Å². The highest BCUT2D eigenvalue weighted by molar-refractivity contribution is 7.89. The van der Waals surface area contributed by atoms with Crippen molar-refractivity contribution in [2.45, 2.75) is 25.3 Å². The van der Waals surface area contributed by atoms with Gasteiger partial charge in [-0.15, -0.1) is 0 Å². The minimum atomic E-state index is -3.71. The topological polar surface area (TPSA) is 88.8 Å². The van der Waals surface area contributed by atoms with Crippen LogP contribution < -0.4 is 5.32 Å². The molecule has 7 nitrogen and oxygen atoms in total. The first kappa shape index (κ1) is 20.2. The van der Waals surface area contributed by atoms with Crippen molar-refractivity contribution in [2.24, 2.45) is 5.92 Å². The highest BCUT2D eigenvalue weighted by atomic mass is 32.2. The summed E-state index contributed by atoms with van der Waals surface area (Å²) in [4.78, 5) is 11.9. The molecule has 1 N–H and O–H groups in total. The Kier molecular flexibility index (Phi) is 6.96. The lowest BCUT2D eigenvalue weighted by atomic mass is 10.2. The van der Waals surface area contributed by atoms with E-state index in [2.05, 4.69) is 5.32 Å². The average Bonchev–Trinajstić information content (AvgIpc) is 3.12. The third-order valence-electron chi connectivity index (χ3n) is 3.77. The number of nitrogens with zero attached hydrogens (tertiary/aromatic N) is 1. The molecule has 0 radical (unpaired) electrons. The van der Waals surface area contributed by atoms with E-state index >= 15 is 0 Å². The zero-order valence-corrected chi connectivity index (χ0v) is 16.0. The van der Waals surface area contributed by atoms with Crippen LogP contribution in [0, 0.1) is 5.92 Å². The van der Waals surface area contributed by atoms with Crippen molar-refractivity contribution in [1.29, 1.82) is 0 Å². The lowest BCUT2D eigenvalue weighted by molar-refractivity contribution is -0.118. The molecule has 2 aromatic rings. The molecule has 1 heterocycles. The maximum Gasteiger partial charge on any atom is 0.243 e. The largest absolute Gasteiger partial charge is 0.472 e. The van der Waals surface area contributed by atoms with Gasteiger partial charge in [-0.3, -0.25) is 4.79 Å². The van der Waals surface area contributed by atoms with Crippen LogP contribution in [0.4, 0.5) is 5.69 Å². The first-order valence-corrected chi connectivity index (χ1v) is 9.69.